The molecule has 1 aromatic carbocycles. The number of nitrogens with two attached hydrogens (primary N) is 1. The molecule has 0 heterocycles. The minimum atomic E-state index is -0.809. The van der Waals surface area contributed by atoms with Gasteiger partial charge in [0.2, 0.25) is 5.91 Å². The number of hydrogen-bond acceptors (Lipinski definition) is 3. The second kappa shape index (κ2) is 6.61. The Balaban J connectivity index is 2.86. The molecule has 0 fully saturated rings. The third-order valence-corrected chi connectivity index (χ3v) is 4.39. The first-order chi connectivity index (χ1) is 8.81. The number of amides is 3. The molecule has 1 rings (SSSR count). The molecule has 1 aromatic rings. The highest BCUT2D eigenvalue weighted by Crippen LogP contribution is 2.29. The van der Waals surface area contributed by atoms with E-state index < -0.39 is 6.03 Å². The number of aryl methyl sites for hydroxylation is 2. The summed E-state index contributed by atoms with van der Waals surface area (Å²) >= 11 is 1.45. The Morgan fingerprint density at radius 3 is 2.32 bits per heavy atom. The number of thioether (sulfide) groups is 1. The van der Waals surface area contributed by atoms with Gasteiger partial charge >= 0.3 is 6.03 Å². The summed E-state index contributed by atoms with van der Waals surface area (Å²) in [7, 11) is 0. The van der Waals surface area contributed by atoms with E-state index in [0.717, 1.165) is 4.90 Å². The summed E-state index contributed by atoms with van der Waals surface area (Å²) in [6, 6.07) is 5.25. The second-order valence-electron chi connectivity index (χ2n) is 4.88. The Labute approximate surface area is 118 Å². The van der Waals surface area contributed by atoms with Crippen LogP contribution in [-0.2, 0) is 4.79 Å². The van der Waals surface area contributed by atoms with Gasteiger partial charge in [-0.1, -0.05) is 19.9 Å². The lowest BCUT2D eigenvalue weighted by Gasteiger charge is -2.19. The SMILES string of the molecule is Cc1ccc(SC(C(=O)NC(N)=O)C(C)C)cc1C. The van der Waals surface area contributed by atoms with Gasteiger partial charge in [-0.2, -0.15) is 0 Å². The van der Waals surface area contributed by atoms with Gasteiger partial charge < -0.3 is 5.73 Å². The van der Waals surface area contributed by atoms with Gasteiger partial charge in [-0.25, -0.2) is 4.79 Å². The first-order valence-corrected chi connectivity index (χ1v) is 7.03. The Kier molecular flexibility index (Phi) is 5.42. The molecule has 0 aliphatic rings. The number of imide groups is 1. The van der Waals surface area contributed by atoms with Crippen molar-refractivity contribution in [3.05, 3.63) is 29.3 Å². The summed E-state index contributed by atoms with van der Waals surface area (Å²) in [4.78, 5) is 23.7. The van der Waals surface area contributed by atoms with Crippen molar-refractivity contribution in [3.8, 4) is 0 Å². The van der Waals surface area contributed by atoms with E-state index in [-0.39, 0.29) is 17.1 Å². The zero-order chi connectivity index (χ0) is 14.6. The standard InChI is InChI=1S/C14H20N2O2S/c1-8(2)12(13(17)16-14(15)18)19-11-6-5-9(3)10(4)7-11/h5-8,12H,1-4H3,(H3,15,16,17,18). The second-order valence-corrected chi connectivity index (χ2v) is 6.10. The van der Waals surface area contributed by atoms with Crippen molar-refractivity contribution < 1.29 is 9.59 Å². The molecule has 0 saturated carbocycles. The van der Waals surface area contributed by atoms with E-state index in [0.29, 0.717) is 0 Å². The Bertz CT molecular complexity index is 486. The number of rotatable bonds is 4. The molecule has 0 spiro atoms. The topological polar surface area (TPSA) is 72.2 Å². The molecule has 1 unspecified atom stereocenters. The van der Waals surface area contributed by atoms with Crippen LogP contribution in [-0.4, -0.2) is 17.2 Å². The Morgan fingerprint density at radius 1 is 1.21 bits per heavy atom. The van der Waals surface area contributed by atoms with Crippen LogP contribution in [0.3, 0.4) is 0 Å². The number of nitrogens with one attached hydrogen (secondary N) is 1. The lowest BCUT2D eigenvalue weighted by atomic mass is 10.1. The fraction of sp³-hybridized carbons (Fsp3) is 0.429. The molecule has 104 valence electrons. The summed E-state index contributed by atoms with van der Waals surface area (Å²) < 4.78 is 0. The van der Waals surface area contributed by atoms with E-state index in [1.165, 1.54) is 22.9 Å². The quantitative estimate of drug-likeness (QED) is 0.833. The van der Waals surface area contributed by atoms with Gasteiger partial charge in [0, 0.05) is 4.90 Å². The lowest BCUT2D eigenvalue weighted by Crippen LogP contribution is -2.42. The highest BCUT2D eigenvalue weighted by molar-refractivity contribution is 8.00. The lowest BCUT2D eigenvalue weighted by molar-refractivity contribution is -0.120. The summed E-state index contributed by atoms with van der Waals surface area (Å²) in [6.45, 7) is 7.97. The minimum Gasteiger partial charge on any atom is -0.351 e. The number of carbonyl (C=O) groups excluding carboxylic acids is 2. The Hall–Kier alpha value is -1.49. The van der Waals surface area contributed by atoms with Gasteiger partial charge in [0.05, 0.1) is 5.25 Å². The molecule has 0 radical (unpaired) electrons. The van der Waals surface area contributed by atoms with Crippen LogP contribution in [0.15, 0.2) is 23.1 Å². The molecule has 0 aliphatic heterocycles. The van der Waals surface area contributed by atoms with E-state index in [2.05, 4.69) is 5.32 Å². The van der Waals surface area contributed by atoms with Crippen LogP contribution in [0, 0.1) is 19.8 Å². The van der Waals surface area contributed by atoms with Gasteiger partial charge in [-0.3, -0.25) is 10.1 Å². The van der Waals surface area contributed by atoms with Crippen LogP contribution < -0.4 is 11.1 Å². The summed E-state index contributed by atoms with van der Waals surface area (Å²) in [5.74, 6) is -0.239. The van der Waals surface area contributed by atoms with E-state index in [1.54, 1.807) is 0 Å². The zero-order valence-electron chi connectivity index (χ0n) is 11.7. The molecule has 3 amide bonds. The van der Waals surface area contributed by atoms with Crippen LogP contribution in [0.25, 0.3) is 0 Å². The maximum absolute atomic E-state index is 11.9. The summed E-state index contributed by atoms with van der Waals surface area (Å²) in [5.41, 5.74) is 7.39. The van der Waals surface area contributed by atoms with E-state index in [1.807, 2.05) is 45.9 Å². The average molecular weight is 280 g/mol. The van der Waals surface area contributed by atoms with Crippen LogP contribution in [0.2, 0.25) is 0 Å². The van der Waals surface area contributed by atoms with Crippen molar-refractivity contribution in [2.75, 3.05) is 0 Å². The molecule has 3 N–H and O–H groups in total. The van der Waals surface area contributed by atoms with Gasteiger partial charge in [-0.05, 0) is 43.0 Å². The van der Waals surface area contributed by atoms with E-state index >= 15 is 0 Å². The molecule has 19 heavy (non-hydrogen) atoms. The maximum Gasteiger partial charge on any atom is 0.318 e. The highest BCUT2D eigenvalue weighted by Gasteiger charge is 2.24. The third kappa shape index (κ3) is 4.59. The molecule has 4 nitrogen and oxygen atoms in total. The molecule has 5 heteroatoms. The zero-order valence-corrected chi connectivity index (χ0v) is 12.5. The van der Waals surface area contributed by atoms with E-state index in [4.69, 9.17) is 5.73 Å². The van der Waals surface area contributed by atoms with Gasteiger partial charge in [0.25, 0.3) is 0 Å². The van der Waals surface area contributed by atoms with Gasteiger partial charge in [0.1, 0.15) is 0 Å². The highest BCUT2D eigenvalue weighted by atomic mass is 32.2. The number of carbonyl (C=O) groups is 2. The predicted molar refractivity (Wildman–Crippen MR) is 78.1 cm³/mol. The summed E-state index contributed by atoms with van der Waals surface area (Å²) in [6.07, 6.45) is 0. The van der Waals surface area contributed by atoms with Gasteiger partial charge in [0.15, 0.2) is 0 Å². The minimum absolute atomic E-state index is 0.103. The molecule has 0 saturated heterocycles. The van der Waals surface area contributed by atoms with Crippen molar-refractivity contribution in [1.29, 1.82) is 0 Å². The fourth-order valence-electron chi connectivity index (χ4n) is 1.62. The molecule has 0 aliphatic carbocycles. The number of benzene rings is 1. The first-order valence-electron chi connectivity index (χ1n) is 6.15. The van der Waals surface area contributed by atoms with Crippen molar-refractivity contribution in [3.63, 3.8) is 0 Å². The van der Waals surface area contributed by atoms with Crippen molar-refractivity contribution >= 4 is 23.7 Å². The van der Waals surface area contributed by atoms with Crippen LogP contribution in [0.5, 0.6) is 0 Å². The largest absolute Gasteiger partial charge is 0.351 e. The smallest absolute Gasteiger partial charge is 0.318 e. The monoisotopic (exact) mass is 280 g/mol. The van der Waals surface area contributed by atoms with Crippen LogP contribution in [0.1, 0.15) is 25.0 Å². The molecular weight excluding hydrogens is 260 g/mol. The average Bonchev–Trinajstić information content (AvgIpc) is 2.29. The molecule has 1 atom stereocenters. The van der Waals surface area contributed by atoms with E-state index in [9.17, 15) is 9.59 Å². The predicted octanol–water partition coefficient (Wildman–Crippen LogP) is 2.62. The maximum atomic E-state index is 11.9. The van der Waals surface area contributed by atoms with Crippen LogP contribution >= 0.6 is 11.8 Å². The van der Waals surface area contributed by atoms with Gasteiger partial charge in [-0.15, -0.1) is 11.8 Å². The summed E-state index contributed by atoms with van der Waals surface area (Å²) in [5, 5.41) is 1.81. The van der Waals surface area contributed by atoms with Crippen molar-refractivity contribution in [2.45, 2.75) is 37.8 Å². The number of primary amides is 1. The molecule has 0 aromatic heterocycles. The van der Waals surface area contributed by atoms with Crippen LogP contribution in [0.4, 0.5) is 4.79 Å². The normalized spacial score (nSPS) is 12.3. The third-order valence-electron chi connectivity index (χ3n) is 2.85. The number of urea groups is 1. The Morgan fingerprint density at radius 2 is 1.84 bits per heavy atom. The fourth-order valence-corrected chi connectivity index (χ4v) is 2.74. The molecule has 0 bridgehead atoms. The first kappa shape index (κ1) is 15.6. The molecular formula is C14H20N2O2S. The van der Waals surface area contributed by atoms with Crippen molar-refractivity contribution in [1.82, 2.24) is 5.32 Å². The van der Waals surface area contributed by atoms with Crippen molar-refractivity contribution in [2.24, 2.45) is 11.7 Å². The number of hydrogen-bond donors (Lipinski definition) is 2.